The fourth-order valence-corrected chi connectivity index (χ4v) is 3.12. The second kappa shape index (κ2) is 10.7. The van der Waals surface area contributed by atoms with Crippen molar-refractivity contribution in [3.05, 3.63) is 46.2 Å². The van der Waals surface area contributed by atoms with E-state index in [0.717, 1.165) is 22.4 Å². The molecule has 7 nitrogen and oxygen atoms in total. The Morgan fingerprint density at radius 3 is 2.69 bits per heavy atom. The summed E-state index contributed by atoms with van der Waals surface area (Å²) in [5.41, 5.74) is 0.0350. The van der Waals surface area contributed by atoms with Crippen LogP contribution in [0, 0.1) is 0 Å². The minimum Gasteiger partial charge on any atom is -0.356 e. The van der Waals surface area contributed by atoms with Crippen molar-refractivity contribution < 1.29 is 18.0 Å². The molecule has 0 aliphatic carbocycles. The zero-order valence-electron chi connectivity index (χ0n) is 16.2. The number of nitrogens with one attached hydrogen (secondary N) is 2. The molecule has 0 atom stereocenters. The van der Waals surface area contributed by atoms with Crippen LogP contribution in [0.15, 0.2) is 34.8 Å². The molecule has 0 radical (unpaired) electrons. The third-order valence-corrected chi connectivity index (χ3v) is 4.87. The lowest BCUT2D eigenvalue weighted by Crippen LogP contribution is -2.44. The largest absolute Gasteiger partial charge is 0.434 e. The number of carbonyl (C=O) groups excluding carboxylic acids is 1. The van der Waals surface area contributed by atoms with Crippen molar-refractivity contribution in [1.29, 1.82) is 0 Å². The van der Waals surface area contributed by atoms with Gasteiger partial charge in [-0.2, -0.15) is 13.2 Å². The van der Waals surface area contributed by atoms with Crippen molar-refractivity contribution in [2.45, 2.75) is 19.0 Å². The van der Waals surface area contributed by atoms with Gasteiger partial charge in [-0.05, 0) is 12.1 Å². The minimum absolute atomic E-state index is 0.0495. The van der Waals surface area contributed by atoms with Gasteiger partial charge in [-0.25, -0.2) is 4.98 Å². The van der Waals surface area contributed by atoms with Crippen molar-refractivity contribution in [2.24, 2.45) is 4.99 Å². The number of pyridine rings is 1. The molecule has 1 amide bonds. The maximum atomic E-state index is 12.6. The first-order chi connectivity index (χ1) is 13.8. The van der Waals surface area contributed by atoms with Crippen molar-refractivity contribution in [3.63, 3.8) is 0 Å². The molecule has 0 unspecified atom stereocenters. The number of likely N-dealkylation sites (N-methyl/N-ethyl adjacent to an activating group) is 1. The summed E-state index contributed by atoms with van der Waals surface area (Å²) in [7, 11) is 3.26. The summed E-state index contributed by atoms with van der Waals surface area (Å²) >= 11 is 0.964. The van der Waals surface area contributed by atoms with E-state index in [4.69, 9.17) is 0 Å². The number of guanidine groups is 1. The van der Waals surface area contributed by atoms with E-state index in [-0.39, 0.29) is 12.5 Å². The van der Waals surface area contributed by atoms with E-state index in [1.807, 2.05) is 18.2 Å². The summed E-state index contributed by atoms with van der Waals surface area (Å²) in [5.74, 6) is 0.280. The van der Waals surface area contributed by atoms with E-state index in [9.17, 15) is 18.0 Å². The normalized spacial score (nSPS) is 12.0. The third kappa shape index (κ3) is 7.68. The average Bonchev–Trinajstić information content (AvgIpc) is 3.18. The number of nitrogens with zero attached hydrogens (tertiary/aromatic N) is 4. The zero-order chi connectivity index (χ0) is 21.3. The number of carbonyl (C=O) groups is 1. The molecule has 0 aromatic carbocycles. The quantitative estimate of drug-likeness (QED) is 0.496. The van der Waals surface area contributed by atoms with Crippen LogP contribution >= 0.6 is 11.3 Å². The number of aliphatic imine (C=N–C) groups is 1. The molecule has 0 spiro atoms. The fourth-order valence-electron chi connectivity index (χ4n) is 2.31. The number of hydrogen-bond acceptors (Lipinski definition) is 5. The molecule has 2 rings (SSSR count). The second-order valence-electron chi connectivity index (χ2n) is 6.11. The Labute approximate surface area is 171 Å². The van der Waals surface area contributed by atoms with Gasteiger partial charge < -0.3 is 15.5 Å². The molecule has 0 bridgehead atoms. The molecule has 2 aromatic rings. The molecule has 0 saturated carbocycles. The first-order valence-electron chi connectivity index (χ1n) is 8.89. The smallest absolute Gasteiger partial charge is 0.356 e. The highest BCUT2D eigenvalue weighted by Crippen LogP contribution is 2.29. The van der Waals surface area contributed by atoms with Crippen molar-refractivity contribution in [3.8, 4) is 0 Å². The number of alkyl halides is 3. The van der Waals surface area contributed by atoms with Gasteiger partial charge in [0.2, 0.25) is 5.91 Å². The average molecular weight is 428 g/mol. The highest BCUT2D eigenvalue weighted by Gasteiger charge is 2.33. The molecule has 2 aromatic heterocycles. The predicted octanol–water partition coefficient (Wildman–Crippen LogP) is 1.97. The zero-order valence-corrected chi connectivity index (χ0v) is 17.0. The number of rotatable bonds is 8. The number of aromatic nitrogens is 2. The van der Waals surface area contributed by atoms with Crippen LogP contribution in [0.4, 0.5) is 13.2 Å². The molecule has 0 aliphatic rings. The Morgan fingerprint density at radius 1 is 1.28 bits per heavy atom. The Hall–Kier alpha value is -2.69. The summed E-state index contributed by atoms with van der Waals surface area (Å²) in [5, 5.41) is 7.24. The van der Waals surface area contributed by atoms with Gasteiger partial charge in [-0.1, -0.05) is 6.07 Å². The van der Waals surface area contributed by atoms with Crippen molar-refractivity contribution in [2.75, 3.05) is 33.7 Å². The van der Waals surface area contributed by atoms with Gasteiger partial charge in [0, 0.05) is 57.3 Å². The van der Waals surface area contributed by atoms with Crippen LogP contribution in [-0.2, 0) is 23.8 Å². The van der Waals surface area contributed by atoms with E-state index in [1.165, 1.54) is 0 Å². The summed E-state index contributed by atoms with van der Waals surface area (Å²) < 4.78 is 37.7. The highest BCUT2D eigenvalue weighted by atomic mass is 32.1. The van der Waals surface area contributed by atoms with Crippen LogP contribution < -0.4 is 10.6 Å². The summed E-state index contributed by atoms with van der Waals surface area (Å²) in [6.45, 7) is 0.928. The van der Waals surface area contributed by atoms with E-state index >= 15 is 0 Å². The molecule has 29 heavy (non-hydrogen) atoms. The van der Waals surface area contributed by atoms with E-state index in [0.29, 0.717) is 36.9 Å². The van der Waals surface area contributed by atoms with Crippen LogP contribution in [0.5, 0.6) is 0 Å². The van der Waals surface area contributed by atoms with Gasteiger partial charge in [0.05, 0.1) is 11.6 Å². The Bertz CT molecular complexity index is 809. The lowest BCUT2D eigenvalue weighted by molar-refractivity contribution is -0.140. The maximum Gasteiger partial charge on any atom is 0.434 e. The second-order valence-corrected chi connectivity index (χ2v) is 7.06. The van der Waals surface area contributed by atoms with E-state index in [2.05, 4.69) is 25.6 Å². The first kappa shape index (κ1) is 22.6. The lowest BCUT2D eigenvalue weighted by Gasteiger charge is -2.18. The van der Waals surface area contributed by atoms with Gasteiger partial charge in [-0.15, -0.1) is 11.3 Å². The third-order valence-electron chi connectivity index (χ3n) is 3.96. The Balaban J connectivity index is 1.69. The number of hydrogen-bond donors (Lipinski definition) is 2. The Kier molecular flexibility index (Phi) is 8.37. The van der Waals surface area contributed by atoms with Crippen molar-refractivity contribution >= 4 is 23.2 Å². The molecule has 0 aliphatic heterocycles. The van der Waals surface area contributed by atoms with Crippen LogP contribution in [-0.4, -0.2) is 60.5 Å². The van der Waals surface area contributed by atoms with Gasteiger partial charge in [0.1, 0.15) is 0 Å². The first-order valence-corrected chi connectivity index (χ1v) is 9.77. The lowest BCUT2D eigenvalue weighted by atomic mass is 10.2. The minimum atomic E-state index is -4.43. The SMILES string of the molecule is CN=C(NCCc1nc(C(F)(F)F)cs1)NCC(=O)N(C)CCc1ccccn1. The summed E-state index contributed by atoms with van der Waals surface area (Å²) in [4.78, 5) is 25.6. The monoisotopic (exact) mass is 428 g/mol. The van der Waals surface area contributed by atoms with Gasteiger partial charge in [-0.3, -0.25) is 14.8 Å². The topological polar surface area (TPSA) is 82.5 Å². The maximum absolute atomic E-state index is 12.6. The number of thiazole rings is 1. The van der Waals surface area contributed by atoms with Crippen molar-refractivity contribution in [1.82, 2.24) is 25.5 Å². The summed E-state index contributed by atoms with van der Waals surface area (Å²) in [6, 6.07) is 5.64. The predicted molar refractivity (Wildman–Crippen MR) is 106 cm³/mol. The molecule has 11 heteroatoms. The van der Waals surface area contributed by atoms with Gasteiger partial charge in [0.15, 0.2) is 11.7 Å². The molecule has 158 valence electrons. The Morgan fingerprint density at radius 2 is 2.07 bits per heavy atom. The standard InChI is InChI=1S/C18H23F3N6OS/c1-22-17(24-9-6-15-26-14(12-29-15)18(19,20)21)25-11-16(28)27(2)10-7-13-5-3-4-8-23-13/h3-5,8,12H,6-7,9-11H2,1-2H3,(H2,22,24,25). The number of halogens is 3. The molecule has 0 fully saturated rings. The summed E-state index contributed by atoms with van der Waals surface area (Å²) in [6.07, 6.45) is -1.74. The van der Waals surface area contributed by atoms with Crippen LogP contribution in [0.25, 0.3) is 0 Å². The molecular formula is C18H23F3N6OS. The van der Waals surface area contributed by atoms with Crippen LogP contribution in [0.2, 0.25) is 0 Å². The van der Waals surface area contributed by atoms with Gasteiger partial charge in [0.25, 0.3) is 0 Å². The molecular weight excluding hydrogens is 405 g/mol. The van der Waals surface area contributed by atoms with E-state index < -0.39 is 11.9 Å². The fraction of sp³-hybridized carbons (Fsp3) is 0.444. The van der Waals surface area contributed by atoms with Gasteiger partial charge >= 0.3 is 6.18 Å². The van der Waals surface area contributed by atoms with Crippen LogP contribution in [0.1, 0.15) is 16.4 Å². The van der Waals surface area contributed by atoms with Crippen LogP contribution in [0.3, 0.4) is 0 Å². The van der Waals surface area contributed by atoms with E-state index in [1.54, 1.807) is 25.2 Å². The molecule has 0 saturated heterocycles. The molecule has 2 N–H and O–H groups in total. The number of amides is 1. The molecule has 2 heterocycles. The highest BCUT2D eigenvalue weighted by molar-refractivity contribution is 7.09.